The van der Waals surface area contributed by atoms with E-state index in [4.69, 9.17) is 0 Å². The van der Waals surface area contributed by atoms with Crippen LogP contribution in [0.1, 0.15) is 35.1 Å². The van der Waals surface area contributed by atoms with Crippen molar-refractivity contribution in [2.45, 2.75) is 26.7 Å². The van der Waals surface area contributed by atoms with Crippen LogP contribution in [0.15, 0.2) is 60.7 Å². The van der Waals surface area contributed by atoms with E-state index in [-0.39, 0.29) is 0 Å². The Morgan fingerprint density at radius 1 is 0.700 bits per heavy atom. The molecule has 0 aromatic heterocycles. The van der Waals surface area contributed by atoms with E-state index in [2.05, 4.69) is 74.5 Å². The Morgan fingerprint density at radius 3 is 1.85 bits per heavy atom. The minimum Gasteiger partial charge on any atom is -0.0763 e. The molecular weight excluding hydrogens is 240 g/mol. The van der Waals surface area contributed by atoms with Crippen LogP contribution in [-0.4, -0.2) is 0 Å². The first-order chi connectivity index (χ1) is 9.72. The fourth-order valence-electron chi connectivity index (χ4n) is 2.64. The molecular formula is C20H20. The summed E-state index contributed by atoms with van der Waals surface area (Å²) in [4.78, 5) is 0. The topological polar surface area (TPSA) is 0 Å². The maximum absolute atomic E-state index is 2.35. The van der Waals surface area contributed by atoms with E-state index in [1.807, 2.05) is 0 Å². The fraction of sp³-hybridized carbons (Fsp3) is 0.200. The second-order valence-electron chi connectivity index (χ2n) is 5.60. The number of aryl methyl sites for hydroxylation is 2. The Balaban J connectivity index is 1.92. The van der Waals surface area contributed by atoms with Gasteiger partial charge in [-0.05, 0) is 49.0 Å². The molecule has 3 rings (SSSR count). The van der Waals surface area contributed by atoms with Crippen LogP contribution in [0.4, 0.5) is 0 Å². The lowest BCUT2D eigenvalue weighted by molar-refractivity contribution is 1.06. The van der Waals surface area contributed by atoms with Gasteiger partial charge in [-0.25, -0.2) is 0 Å². The van der Waals surface area contributed by atoms with Crippen molar-refractivity contribution >= 4 is 11.1 Å². The van der Waals surface area contributed by atoms with E-state index in [1.54, 1.807) is 0 Å². The van der Waals surface area contributed by atoms with E-state index in [0.29, 0.717) is 0 Å². The van der Waals surface area contributed by atoms with Crippen molar-refractivity contribution in [1.82, 2.24) is 0 Å². The predicted octanol–water partition coefficient (Wildman–Crippen LogP) is 5.56. The maximum atomic E-state index is 2.35. The normalized spacial score (nSPS) is 14.7. The van der Waals surface area contributed by atoms with Crippen LogP contribution in [0.5, 0.6) is 0 Å². The van der Waals surface area contributed by atoms with Crippen LogP contribution in [-0.2, 0) is 0 Å². The van der Waals surface area contributed by atoms with Gasteiger partial charge < -0.3 is 0 Å². The summed E-state index contributed by atoms with van der Waals surface area (Å²) < 4.78 is 0. The van der Waals surface area contributed by atoms with Gasteiger partial charge in [0.25, 0.3) is 0 Å². The zero-order chi connectivity index (χ0) is 13.9. The minimum atomic E-state index is 1.13. The van der Waals surface area contributed by atoms with Gasteiger partial charge >= 0.3 is 0 Å². The Bertz CT molecular complexity index is 652. The molecule has 0 heteroatoms. The molecule has 0 saturated carbocycles. The molecule has 1 aliphatic carbocycles. The second kappa shape index (κ2) is 5.50. The van der Waals surface area contributed by atoms with Gasteiger partial charge in [0.05, 0.1) is 0 Å². The quantitative estimate of drug-likeness (QED) is 0.662. The number of hydrogen-bond acceptors (Lipinski definition) is 0. The standard InChI is InChI=1S/C20H20/c1-15-6-10-17(11-7-15)19-4-3-5-20(14-19)18-12-8-16(2)9-13-18/h4,6-14H,3,5H2,1-2H3. The Labute approximate surface area is 121 Å². The van der Waals surface area contributed by atoms with Gasteiger partial charge in [-0.1, -0.05) is 71.8 Å². The molecule has 1 aliphatic rings. The van der Waals surface area contributed by atoms with Crippen molar-refractivity contribution in [2.75, 3.05) is 0 Å². The third kappa shape index (κ3) is 2.75. The summed E-state index contributed by atoms with van der Waals surface area (Å²) in [7, 11) is 0. The monoisotopic (exact) mass is 260 g/mol. The van der Waals surface area contributed by atoms with Crippen molar-refractivity contribution in [3.63, 3.8) is 0 Å². The van der Waals surface area contributed by atoms with Crippen LogP contribution in [0.2, 0.25) is 0 Å². The molecule has 2 aromatic carbocycles. The molecule has 0 spiro atoms. The Morgan fingerprint density at radius 2 is 1.25 bits per heavy atom. The van der Waals surface area contributed by atoms with Crippen LogP contribution < -0.4 is 0 Å². The summed E-state index contributed by atoms with van der Waals surface area (Å²) in [6, 6.07) is 17.7. The second-order valence-corrected chi connectivity index (χ2v) is 5.60. The summed E-state index contributed by atoms with van der Waals surface area (Å²) in [5.74, 6) is 0. The average Bonchev–Trinajstić information content (AvgIpc) is 2.49. The van der Waals surface area contributed by atoms with Gasteiger partial charge in [0.2, 0.25) is 0 Å². The van der Waals surface area contributed by atoms with Crippen LogP contribution in [0.25, 0.3) is 11.1 Å². The molecule has 0 aliphatic heterocycles. The Kier molecular flexibility index (Phi) is 3.56. The number of allylic oxidation sites excluding steroid dienone is 4. The summed E-state index contributed by atoms with van der Waals surface area (Å²) >= 11 is 0. The van der Waals surface area contributed by atoms with Crippen molar-refractivity contribution < 1.29 is 0 Å². The first-order valence-electron chi connectivity index (χ1n) is 7.27. The third-order valence-electron chi connectivity index (χ3n) is 3.91. The van der Waals surface area contributed by atoms with E-state index < -0.39 is 0 Å². The molecule has 0 unspecified atom stereocenters. The first kappa shape index (κ1) is 12.9. The summed E-state index contributed by atoms with van der Waals surface area (Å²) in [6.07, 6.45) is 6.96. The highest BCUT2D eigenvalue weighted by atomic mass is 14.1. The Hall–Kier alpha value is -2.08. The zero-order valence-electron chi connectivity index (χ0n) is 12.2. The van der Waals surface area contributed by atoms with Gasteiger partial charge in [-0.15, -0.1) is 0 Å². The van der Waals surface area contributed by atoms with Gasteiger partial charge in [0.15, 0.2) is 0 Å². The summed E-state index contributed by atoms with van der Waals surface area (Å²) in [5, 5.41) is 0. The highest BCUT2D eigenvalue weighted by Gasteiger charge is 2.09. The van der Waals surface area contributed by atoms with E-state index >= 15 is 0 Å². The highest BCUT2D eigenvalue weighted by Crippen LogP contribution is 2.31. The molecule has 0 fully saturated rings. The van der Waals surface area contributed by atoms with Crippen molar-refractivity contribution in [3.8, 4) is 0 Å². The molecule has 0 radical (unpaired) electrons. The predicted molar refractivity (Wildman–Crippen MR) is 87.5 cm³/mol. The largest absolute Gasteiger partial charge is 0.0763 e. The molecule has 20 heavy (non-hydrogen) atoms. The highest BCUT2D eigenvalue weighted by molar-refractivity contribution is 5.85. The summed E-state index contributed by atoms with van der Waals surface area (Å²) in [6.45, 7) is 4.27. The van der Waals surface area contributed by atoms with Crippen LogP contribution >= 0.6 is 0 Å². The van der Waals surface area contributed by atoms with Crippen molar-refractivity contribution in [1.29, 1.82) is 0 Å². The maximum Gasteiger partial charge on any atom is -0.0187 e. The lowest BCUT2D eigenvalue weighted by atomic mass is 9.90. The van der Waals surface area contributed by atoms with E-state index in [0.717, 1.165) is 12.8 Å². The van der Waals surface area contributed by atoms with Gasteiger partial charge in [-0.3, -0.25) is 0 Å². The lowest BCUT2D eigenvalue weighted by Gasteiger charge is -2.15. The molecule has 0 bridgehead atoms. The lowest BCUT2D eigenvalue weighted by Crippen LogP contribution is -1.93. The van der Waals surface area contributed by atoms with Crippen molar-refractivity contribution in [2.24, 2.45) is 0 Å². The zero-order valence-corrected chi connectivity index (χ0v) is 12.2. The number of hydrogen-bond donors (Lipinski definition) is 0. The molecule has 0 amide bonds. The number of benzene rings is 2. The van der Waals surface area contributed by atoms with Gasteiger partial charge in [0.1, 0.15) is 0 Å². The first-order valence-corrected chi connectivity index (χ1v) is 7.27. The smallest absolute Gasteiger partial charge is 0.0187 e. The van der Waals surface area contributed by atoms with Gasteiger partial charge in [0, 0.05) is 0 Å². The van der Waals surface area contributed by atoms with Crippen LogP contribution in [0, 0.1) is 13.8 Å². The number of rotatable bonds is 2. The molecule has 0 atom stereocenters. The minimum absolute atomic E-state index is 1.13. The SMILES string of the molecule is Cc1ccc(C2=CCCC(c3ccc(C)cc3)=C2)cc1. The van der Waals surface area contributed by atoms with E-state index in [9.17, 15) is 0 Å². The summed E-state index contributed by atoms with van der Waals surface area (Å²) in [5.41, 5.74) is 8.11. The van der Waals surface area contributed by atoms with Gasteiger partial charge in [-0.2, -0.15) is 0 Å². The third-order valence-corrected chi connectivity index (χ3v) is 3.91. The molecule has 0 heterocycles. The fourth-order valence-corrected chi connectivity index (χ4v) is 2.64. The molecule has 2 aromatic rings. The molecule has 0 nitrogen and oxygen atoms in total. The molecule has 0 N–H and O–H groups in total. The molecule has 0 saturated heterocycles. The van der Waals surface area contributed by atoms with Crippen LogP contribution in [0.3, 0.4) is 0 Å². The molecule has 100 valence electrons. The van der Waals surface area contributed by atoms with E-state index in [1.165, 1.54) is 33.4 Å². The van der Waals surface area contributed by atoms with Crippen molar-refractivity contribution in [3.05, 3.63) is 82.9 Å². The average molecular weight is 260 g/mol.